The molecule has 1 aliphatic heterocycles. The highest BCUT2D eigenvalue weighted by molar-refractivity contribution is 5.82. The first-order valence-electron chi connectivity index (χ1n) is 14.3. The molecule has 0 saturated carbocycles. The number of carbonyl (C=O) groups excluding carboxylic acids is 1. The summed E-state index contributed by atoms with van der Waals surface area (Å²) in [4.78, 5) is 15.6. The molecule has 222 valence electrons. The van der Waals surface area contributed by atoms with Crippen molar-refractivity contribution in [3.8, 4) is 5.75 Å². The Balaban J connectivity index is 1.53. The van der Waals surface area contributed by atoms with Crippen LogP contribution >= 0.6 is 0 Å². The molecule has 9 heteroatoms. The maximum absolute atomic E-state index is 13.2. The van der Waals surface area contributed by atoms with Gasteiger partial charge in [0.25, 0.3) is 0 Å². The number of hydrogen-bond acceptors (Lipinski definition) is 8. The van der Waals surface area contributed by atoms with Crippen LogP contribution in [0.25, 0.3) is 10.9 Å². The second-order valence-corrected chi connectivity index (χ2v) is 12.0. The molecule has 1 atom stereocenters. The molecule has 1 aromatic heterocycles. The number of aromatic nitrogens is 2. The zero-order valence-corrected chi connectivity index (χ0v) is 25.7. The summed E-state index contributed by atoms with van der Waals surface area (Å²) in [6.07, 6.45) is 1.87. The predicted molar refractivity (Wildman–Crippen MR) is 167 cm³/mol. The predicted octanol–water partition coefficient (Wildman–Crippen LogP) is 4.81. The lowest BCUT2D eigenvalue weighted by molar-refractivity contribution is -0.151. The van der Waals surface area contributed by atoms with Crippen LogP contribution < -0.4 is 21.3 Å². The summed E-state index contributed by atoms with van der Waals surface area (Å²) in [7, 11) is 5.16. The van der Waals surface area contributed by atoms with Gasteiger partial charge in [-0.15, -0.1) is 0 Å². The molecule has 0 aliphatic carbocycles. The van der Waals surface area contributed by atoms with Crippen LogP contribution in [-0.2, 0) is 29.7 Å². The van der Waals surface area contributed by atoms with Crippen molar-refractivity contribution in [1.29, 1.82) is 0 Å². The van der Waals surface area contributed by atoms with E-state index in [2.05, 4.69) is 47.3 Å². The Hall–Kier alpha value is -4.08. The van der Waals surface area contributed by atoms with Gasteiger partial charge in [-0.25, -0.2) is 5.84 Å². The third kappa shape index (κ3) is 5.30. The topological polar surface area (TPSA) is 112 Å². The Labute approximate surface area is 247 Å². The van der Waals surface area contributed by atoms with E-state index in [1.54, 1.807) is 7.05 Å². The molecule has 1 unspecified atom stereocenters. The fourth-order valence-corrected chi connectivity index (χ4v) is 6.22. The second kappa shape index (κ2) is 11.3. The Morgan fingerprint density at radius 2 is 1.95 bits per heavy atom. The van der Waals surface area contributed by atoms with Crippen LogP contribution in [0.15, 0.2) is 48.7 Å². The molecule has 0 saturated heterocycles. The number of anilines is 2. The molecule has 9 nitrogen and oxygen atoms in total. The number of aryl methyl sites for hydroxylation is 2. The highest BCUT2D eigenvalue weighted by atomic mass is 16.5. The number of hydrazine groups is 1. The largest absolute Gasteiger partial charge is 0.492 e. The van der Waals surface area contributed by atoms with Gasteiger partial charge < -0.3 is 20.2 Å². The van der Waals surface area contributed by atoms with Crippen molar-refractivity contribution in [1.82, 2.24) is 14.7 Å². The van der Waals surface area contributed by atoms with Gasteiger partial charge in [0.05, 0.1) is 35.6 Å². The van der Waals surface area contributed by atoms with E-state index >= 15 is 0 Å². The number of carbonyl (C=O) groups is 1. The monoisotopic (exact) mass is 570 g/mol. The van der Waals surface area contributed by atoms with Crippen molar-refractivity contribution in [3.63, 3.8) is 0 Å². The molecule has 4 aromatic rings. The van der Waals surface area contributed by atoms with Crippen LogP contribution in [0.1, 0.15) is 53.1 Å². The molecule has 2 heterocycles. The minimum atomic E-state index is -0.863. The number of benzene rings is 3. The van der Waals surface area contributed by atoms with E-state index in [1.807, 2.05) is 50.8 Å². The summed E-state index contributed by atoms with van der Waals surface area (Å²) in [5, 5.41) is 6.99. The van der Waals surface area contributed by atoms with E-state index < -0.39 is 5.41 Å². The standard InChI is InChI=1S/C33H42N6O3/c1-20-8-9-22(30(33(3,4)32(40)41-7)26-10-11-27(37(5)35)31(34)21(26)2)14-24(20)18-39-12-13-42-29-16-23-17-36-38(6)28(23)15-25(29)19-39/h8-11,14-17,30H,12-13,18-19,34-35H2,1-7H3. The summed E-state index contributed by atoms with van der Waals surface area (Å²) in [6.45, 7) is 10.9. The van der Waals surface area contributed by atoms with E-state index in [1.165, 1.54) is 23.2 Å². The normalized spacial score (nSPS) is 14.7. The van der Waals surface area contributed by atoms with Crippen LogP contribution in [0.4, 0.5) is 11.4 Å². The molecule has 1 aliphatic rings. The first kappa shape index (κ1) is 29.4. The summed E-state index contributed by atoms with van der Waals surface area (Å²) in [5.41, 5.74) is 14.6. The number of nitrogens with zero attached hydrogens (tertiary/aromatic N) is 4. The number of fused-ring (bicyclic) bond motifs is 2. The second-order valence-electron chi connectivity index (χ2n) is 12.0. The number of hydrogen-bond donors (Lipinski definition) is 2. The van der Waals surface area contributed by atoms with E-state index in [9.17, 15) is 4.79 Å². The van der Waals surface area contributed by atoms with Crippen LogP contribution in [0.3, 0.4) is 0 Å². The van der Waals surface area contributed by atoms with Crippen molar-refractivity contribution in [2.75, 3.05) is 38.1 Å². The van der Waals surface area contributed by atoms with Gasteiger partial charge in [-0.2, -0.15) is 5.10 Å². The quantitative estimate of drug-likeness (QED) is 0.141. The van der Waals surface area contributed by atoms with Crippen LogP contribution in [0.2, 0.25) is 0 Å². The molecule has 5 rings (SSSR count). The first-order valence-corrected chi connectivity index (χ1v) is 14.3. The lowest BCUT2D eigenvalue weighted by Gasteiger charge is -2.35. The molecule has 0 amide bonds. The molecule has 4 N–H and O–H groups in total. The van der Waals surface area contributed by atoms with E-state index in [-0.39, 0.29) is 11.9 Å². The Bertz CT molecular complexity index is 1640. The average Bonchev–Trinajstić information content (AvgIpc) is 3.18. The van der Waals surface area contributed by atoms with E-state index in [4.69, 9.17) is 21.1 Å². The molecule has 0 fully saturated rings. The van der Waals surface area contributed by atoms with Gasteiger partial charge in [0.15, 0.2) is 0 Å². The number of esters is 1. The fraction of sp³-hybridized carbons (Fsp3) is 0.394. The van der Waals surface area contributed by atoms with Gasteiger partial charge in [0.1, 0.15) is 12.4 Å². The summed E-state index contributed by atoms with van der Waals surface area (Å²) in [6, 6.07) is 14.7. The average molecular weight is 571 g/mol. The van der Waals surface area contributed by atoms with Gasteiger partial charge in [-0.3, -0.25) is 14.4 Å². The van der Waals surface area contributed by atoms with Crippen molar-refractivity contribution in [2.24, 2.45) is 18.3 Å². The first-order chi connectivity index (χ1) is 19.9. The van der Waals surface area contributed by atoms with Crippen molar-refractivity contribution >= 4 is 28.2 Å². The number of methoxy groups -OCH3 is 1. The minimum Gasteiger partial charge on any atom is -0.492 e. The molecule has 0 bridgehead atoms. The summed E-state index contributed by atoms with van der Waals surface area (Å²) in [5.74, 6) is 6.37. The molecule has 42 heavy (non-hydrogen) atoms. The van der Waals surface area contributed by atoms with Crippen molar-refractivity contribution in [3.05, 3.63) is 82.0 Å². The minimum absolute atomic E-state index is 0.282. The van der Waals surface area contributed by atoms with Crippen LogP contribution in [0.5, 0.6) is 5.75 Å². The highest BCUT2D eigenvalue weighted by Gasteiger charge is 2.41. The zero-order chi connectivity index (χ0) is 30.3. The Morgan fingerprint density at radius 3 is 2.67 bits per heavy atom. The number of nitrogen functional groups attached to an aromatic ring is 1. The number of nitrogens with two attached hydrogens (primary N) is 2. The highest BCUT2D eigenvalue weighted by Crippen LogP contribution is 2.45. The summed E-state index contributed by atoms with van der Waals surface area (Å²) >= 11 is 0. The van der Waals surface area contributed by atoms with Gasteiger partial charge >= 0.3 is 5.97 Å². The van der Waals surface area contributed by atoms with Crippen molar-refractivity contribution < 1.29 is 14.3 Å². The van der Waals surface area contributed by atoms with Gasteiger partial charge in [-0.05, 0) is 73.7 Å². The van der Waals surface area contributed by atoms with E-state index in [0.29, 0.717) is 12.3 Å². The maximum Gasteiger partial charge on any atom is 0.312 e. The number of ether oxygens (including phenoxy) is 2. The van der Waals surface area contributed by atoms with Gasteiger partial charge in [0, 0.05) is 50.6 Å². The molecular formula is C33H42N6O3. The molecule has 0 radical (unpaired) electrons. The lowest BCUT2D eigenvalue weighted by atomic mass is 9.69. The molecule has 0 spiro atoms. The summed E-state index contributed by atoms with van der Waals surface area (Å²) < 4.78 is 13.4. The number of rotatable bonds is 7. The third-order valence-electron chi connectivity index (χ3n) is 8.75. The molecular weight excluding hydrogens is 528 g/mol. The third-order valence-corrected chi connectivity index (χ3v) is 8.75. The Kier molecular flexibility index (Phi) is 7.92. The van der Waals surface area contributed by atoms with Gasteiger partial charge in [0.2, 0.25) is 0 Å². The van der Waals surface area contributed by atoms with Crippen LogP contribution in [0, 0.1) is 19.3 Å². The van der Waals surface area contributed by atoms with E-state index in [0.717, 1.165) is 64.2 Å². The SMILES string of the molecule is COC(=O)C(C)(C)C(c1ccc(C)c(CN2CCOc3cc4cnn(C)c4cc3C2)c1)c1ccc(N(C)N)c(N)c1C. The van der Waals surface area contributed by atoms with Crippen molar-refractivity contribution in [2.45, 2.75) is 46.7 Å². The van der Waals surface area contributed by atoms with Crippen LogP contribution in [-0.4, -0.2) is 48.0 Å². The Morgan fingerprint density at radius 1 is 1.19 bits per heavy atom. The lowest BCUT2D eigenvalue weighted by Crippen LogP contribution is -2.34. The van der Waals surface area contributed by atoms with Gasteiger partial charge in [-0.1, -0.05) is 24.3 Å². The smallest absolute Gasteiger partial charge is 0.312 e. The fourth-order valence-electron chi connectivity index (χ4n) is 6.22. The zero-order valence-electron chi connectivity index (χ0n) is 25.7. The molecule has 3 aromatic carbocycles. The maximum atomic E-state index is 13.2.